The fourth-order valence-electron chi connectivity index (χ4n) is 8.52. The summed E-state index contributed by atoms with van der Waals surface area (Å²) in [5.41, 5.74) is 22.5. The maximum Gasteiger partial charge on any atom is 0.0314 e. The van der Waals surface area contributed by atoms with E-state index >= 15 is 0 Å². The molecule has 0 aliphatic rings. The molecule has 0 heterocycles. The van der Waals surface area contributed by atoms with E-state index in [0.717, 1.165) is 11.4 Å². The van der Waals surface area contributed by atoms with Crippen molar-refractivity contribution in [1.82, 2.24) is 0 Å². The van der Waals surface area contributed by atoms with Crippen molar-refractivity contribution >= 4 is 11.4 Å². The molecule has 4 rings (SSSR count). The first-order valence-corrected chi connectivity index (χ1v) is 22.4. The number of nitrogen functional groups attached to an aromatic ring is 2. The van der Waals surface area contributed by atoms with Gasteiger partial charge in [-0.15, -0.1) is 0 Å². The van der Waals surface area contributed by atoms with Gasteiger partial charge in [-0.3, -0.25) is 0 Å². The Bertz CT molecular complexity index is 1390. The molecule has 4 N–H and O–H groups in total. The predicted molar refractivity (Wildman–Crippen MR) is 239 cm³/mol. The van der Waals surface area contributed by atoms with Crippen LogP contribution in [0, 0.1) is 0 Å². The summed E-state index contributed by atoms with van der Waals surface area (Å²) in [6.07, 6.45) is 28.9. The van der Waals surface area contributed by atoms with Gasteiger partial charge in [-0.25, -0.2) is 0 Å². The van der Waals surface area contributed by atoms with Crippen molar-refractivity contribution in [3.05, 3.63) is 130 Å². The number of hydrogen-bond acceptors (Lipinski definition) is 2. The van der Waals surface area contributed by atoms with E-state index in [1.807, 2.05) is 0 Å². The molecule has 0 aliphatic carbocycles. The standard InChI is InChI=1S/C52H76N2/c1-4-7-10-13-15-18-21-24-51(46-34-38-48(53)39-35-46)44-30-26-42(27-31-44)50(23-20-17-12-9-6-3)43-28-32-45(33-29-43)52(47-36-40-49(54)41-37-47)25-22-19-16-14-11-8-5-2/h26-41,50-52H,4-25,53-54H2,1-3H3. The lowest BCUT2D eigenvalue weighted by molar-refractivity contribution is 0.558. The van der Waals surface area contributed by atoms with Crippen molar-refractivity contribution in [3.63, 3.8) is 0 Å². The van der Waals surface area contributed by atoms with Crippen LogP contribution in [0.1, 0.15) is 213 Å². The maximum atomic E-state index is 6.12. The van der Waals surface area contributed by atoms with Crippen LogP contribution in [0.2, 0.25) is 0 Å². The maximum absolute atomic E-state index is 6.12. The van der Waals surface area contributed by atoms with Crippen molar-refractivity contribution < 1.29 is 0 Å². The van der Waals surface area contributed by atoms with Gasteiger partial charge >= 0.3 is 0 Å². The zero-order chi connectivity index (χ0) is 38.2. The Labute approximate surface area is 332 Å². The van der Waals surface area contributed by atoms with Gasteiger partial charge in [0.15, 0.2) is 0 Å². The molecule has 0 aromatic heterocycles. The third-order valence-electron chi connectivity index (χ3n) is 11.9. The molecule has 0 bridgehead atoms. The number of unbranched alkanes of at least 4 members (excludes halogenated alkanes) is 16. The Kier molecular flexibility index (Phi) is 20.4. The Morgan fingerprint density at radius 2 is 0.463 bits per heavy atom. The minimum atomic E-state index is 0.406. The zero-order valence-corrected chi connectivity index (χ0v) is 34.7. The van der Waals surface area contributed by atoms with Gasteiger partial charge in [-0.05, 0) is 76.9 Å². The first kappa shape index (κ1) is 43.2. The number of anilines is 2. The number of rotatable bonds is 28. The molecule has 2 nitrogen and oxygen atoms in total. The van der Waals surface area contributed by atoms with Crippen LogP contribution in [-0.4, -0.2) is 0 Å². The zero-order valence-electron chi connectivity index (χ0n) is 34.7. The van der Waals surface area contributed by atoms with E-state index in [0.29, 0.717) is 17.8 Å². The van der Waals surface area contributed by atoms with Crippen LogP contribution in [0.25, 0.3) is 0 Å². The fourth-order valence-corrected chi connectivity index (χ4v) is 8.52. The third kappa shape index (κ3) is 15.0. The summed E-state index contributed by atoms with van der Waals surface area (Å²) >= 11 is 0. The lowest BCUT2D eigenvalue weighted by atomic mass is 9.81. The van der Waals surface area contributed by atoms with Gasteiger partial charge in [0.2, 0.25) is 0 Å². The second-order valence-electron chi connectivity index (χ2n) is 16.3. The van der Waals surface area contributed by atoms with Crippen LogP contribution in [-0.2, 0) is 0 Å². The minimum absolute atomic E-state index is 0.406. The van der Waals surface area contributed by atoms with Crippen LogP contribution in [0.5, 0.6) is 0 Å². The van der Waals surface area contributed by atoms with Gasteiger partial charge in [-0.1, -0.05) is 216 Å². The molecule has 0 aliphatic heterocycles. The van der Waals surface area contributed by atoms with Crippen LogP contribution in [0.4, 0.5) is 11.4 Å². The largest absolute Gasteiger partial charge is 0.399 e. The summed E-state index contributed by atoms with van der Waals surface area (Å²) in [6, 6.07) is 36.9. The van der Waals surface area contributed by atoms with E-state index < -0.39 is 0 Å². The van der Waals surface area contributed by atoms with Gasteiger partial charge in [0, 0.05) is 29.1 Å². The van der Waals surface area contributed by atoms with Gasteiger partial charge in [0.05, 0.1) is 0 Å². The summed E-state index contributed by atoms with van der Waals surface area (Å²) in [5.74, 6) is 1.22. The van der Waals surface area contributed by atoms with Crippen molar-refractivity contribution in [3.8, 4) is 0 Å². The highest BCUT2D eigenvalue weighted by Crippen LogP contribution is 2.37. The van der Waals surface area contributed by atoms with Crippen LogP contribution in [0.15, 0.2) is 97.1 Å². The van der Waals surface area contributed by atoms with Crippen molar-refractivity contribution in [2.75, 3.05) is 11.5 Å². The second kappa shape index (κ2) is 25.5. The quantitative estimate of drug-likeness (QED) is 0.0452. The molecule has 4 aromatic rings. The lowest BCUT2D eigenvalue weighted by Gasteiger charge is -2.23. The molecule has 0 fully saturated rings. The van der Waals surface area contributed by atoms with Gasteiger partial charge in [-0.2, -0.15) is 0 Å². The number of nitrogens with two attached hydrogens (primary N) is 2. The molecule has 0 radical (unpaired) electrons. The molecule has 0 saturated heterocycles. The molecule has 0 amide bonds. The summed E-state index contributed by atoms with van der Waals surface area (Å²) < 4.78 is 0. The van der Waals surface area contributed by atoms with E-state index in [4.69, 9.17) is 11.5 Å². The summed E-state index contributed by atoms with van der Waals surface area (Å²) in [4.78, 5) is 0. The first-order valence-electron chi connectivity index (χ1n) is 22.4. The average Bonchev–Trinajstić information content (AvgIpc) is 3.20. The van der Waals surface area contributed by atoms with Crippen molar-refractivity contribution in [2.45, 2.75) is 180 Å². The second-order valence-corrected chi connectivity index (χ2v) is 16.3. The molecular formula is C52H76N2. The molecule has 2 atom stereocenters. The summed E-state index contributed by atoms with van der Waals surface area (Å²) in [7, 11) is 0. The predicted octanol–water partition coefficient (Wildman–Crippen LogP) is 15.9. The Morgan fingerprint density at radius 1 is 0.278 bits per heavy atom. The Morgan fingerprint density at radius 3 is 0.685 bits per heavy atom. The van der Waals surface area contributed by atoms with Crippen LogP contribution >= 0.6 is 0 Å². The van der Waals surface area contributed by atoms with E-state index in [2.05, 4.69) is 118 Å². The highest BCUT2D eigenvalue weighted by Gasteiger charge is 2.20. The number of benzene rings is 4. The fraction of sp³-hybridized carbons (Fsp3) is 0.538. The average molecular weight is 729 g/mol. The Balaban J connectivity index is 1.52. The molecule has 54 heavy (non-hydrogen) atoms. The molecular weight excluding hydrogens is 653 g/mol. The normalized spacial score (nSPS) is 13.2. The van der Waals surface area contributed by atoms with Crippen LogP contribution < -0.4 is 11.5 Å². The lowest BCUT2D eigenvalue weighted by Crippen LogP contribution is -2.06. The highest BCUT2D eigenvalue weighted by atomic mass is 14.5. The molecule has 0 saturated carbocycles. The van der Waals surface area contributed by atoms with E-state index in [9.17, 15) is 0 Å². The minimum Gasteiger partial charge on any atom is -0.399 e. The van der Waals surface area contributed by atoms with Crippen molar-refractivity contribution in [1.29, 1.82) is 0 Å². The molecule has 0 spiro atoms. The SMILES string of the molecule is CCCCCCCCCC(c1ccc(N)cc1)c1ccc(C(CCCCCCC)c2ccc(C(CCCCCCCCC)c3ccc(N)cc3)cc2)cc1. The Hall–Kier alpha value is -3.52. The van der Waals surface area contributed by atoms with E-state index in [-0.39, 0.29) is 0 Å². The van der Waals surface area contributed by atoms with E-state index in [1.165, 1.54) is 175 Å². The third-order valence-corrected chi connectivity index (χ3v) is 11.9. The van der Waals surface area contributed by atoms with E-state index in [1.54, 1.807) is 0 Å². The monoisotopic (exact) mass is 729 g/mol. The van der Waals surface area contributed by atoms with Gasteiger partial charge < -0.3 is 11.5 Å². The van der Waals surface area contributed by atoms with Crippen LogP contribution in [0.3, 0.4) is 0 Å². The topological polar surface area (TPSA) is 52.0 Å². The molecule has 4 aromatic carbocycles. The first-order chi connectivity index (χ1) is 26.5. The highest BCUT2D eigenvalue weighted by molar-refractivity contribution is 5.45. The van der Waals surface area contributed by atoms with Gasteiger partial charge in [0.25, 0.3) is 0 Å². The van der Waals surface area contributed by atoms with Gasteiger partial charge in [0.1, 0.15) is 0 Å². The summed E-state index contributed by atoms with van der Waals surface area (Å²) in [5, 5.41) is 0. The molecule has 2 unspecified atom stereocenters. The molecule has 2 heteroatoms. The number of hydrogen-bond donors (Lipinski definition) is 2. The summed E-state index contributed by atoms with van der Waals surface area (Å²) in [6.45, 7) is 6.90. The molecule has 294 valence electrons. The smallest absolute Gasteiger partial charge is 0.0314 e. The van der Waals surface area contributed by atoms with Crippen molar-refractivity contribution in [2.24, 2.45) is 0 Å².